The molecule has 0 saturated heterocycles. The maximum Gasteiger partial charge on any atom is 0.116 e. The van der Waals surface area contributed by atoms with E-state index >= 15 is 0 Å². The van der Waals surface area contributed by atoms with Crippen LogP contribution in [0.15, 0.2) is 17.9 Å². The molecule has 2 aromatic heterocycles. The minimum Gasteiger partial charge on any atom is -0.243 e. The molecular weight excluding hydrogens is 168 g/mol. The lowest BCUT2D eigenvalue weighted by atomic mass is 10.3. The minimum absolute atomic E-state index is 1.08. The quantitative estimate of drug-likeness (QED) is 0.622. The zero-order chi connectivity index (χ0) is 8.97. The Morgan fingerprint density at radius 1 is 1.33 bits per heavy atom. The highest BCUT2D eigenvalue weighted by atomic mass is 32.1. The van der Waals surface area contributed by atoms with E-state index in [0.29, 0.717) is 0 Å². The van der Waals surface area contributed by atoms with Crippen molar-refractivity contribution in [3.63, 3.8) is 0 Å². The fourth-order valence-corrected chi connectivity index (χ4v) is 1.77. The van der Waals surface area contributed by atoms with Crippen molar-refractivity contribution in [1.82, 2.24) is 9.97 Å². The first-order valence-electron chi connectivity index (χ1n) is 4.02. The number of aryl methyl sites for hydroxylation is 1. The summed E-state index contributed by atoms with van der Waals surface area (Å²) in [6.07, 6.45) is 3.43. The first-order chi connectivity index (χ1) is 5.88. The molecule has 0 amide bonds. The van der Waals surface area contributed by atoms with Crippen LogP contribution in [0.4, 0.5) is 0 Å². The smallest absolute Gasteiger partial charge is 0.116 e. The Morgan fingerprint density at radius 3 is 2.75 bits per heavy atom. The highest BCUT2D eigenvalue weighted by Crippen LogP contribution is 2.20. The molecule has 0 spiro atoms. The molecule has 0 aliphatic rings. The molecule has 2 heterocycles. The lowest BCUT2D eigenvalue weighted by molar-refractivity contribution is 1.22. The average Bonchev–Trinajstić information content (AvgIpc) is 2.53. The molecule has 0 unspecified atom stereocenters. The normalized spacial score (nSPS) is 9.25. The van der Waals surface area contributed by atoms with Gasteiger partial charge in [0.05, 0.1) is 10.2 Å². The first-order valence-corrected chi connectivity index (χ1v) is 4.90. The molecule has 64 valence electrons. The van der Waals surface area contributed by atoms with Crippen LogP contribution < -0.4 is 0 Å². The molecule has 0 aliphatic carbocycles. The van der Waals surface area contributed by atoms with E-state index in [0.717, 1.165) is 5.52 Å². The van der Waals surface area contributed by atoms with E-state index in [2.05, 4.69) is 22.3 Å². The fraction of sp³-hybridized carbons (Fsp3) is 0.333. The summed E-state index contributed by atoms with van der Waals surface area (Å²) in [5.41, 5.74) is 2.32. The number of rotatable bonds is 0. The molecule has 12 heavy (non-hydrogen) atoms. The van der Waals surface area contributed by atoms with Crippen molar-refractivity contribution in [3.8, 4) is 0 Å². The van der Waals surface area contributed by atoms with E-state index < -0.39 is 0 Å². The van der Waals surface area contributed by atoms with E-state index in [4.69, 9.17) is 0 Å². The molecule has 0 atom stereocenters. The molecule has 0 radical (unpaired) electrons. The molecule has 2 aromatic rings. The molecular formula is C9H12N2S. The van der Waals surface area contributed by atoms with E-state index in [-0.39, 0.29) is 0 Å². The molecule has 0 N–H and O–H groups in total. The molecule has 2 rings (SSSR count). The Morgan fingerprint density at radius 2 is 2.08 bits per heavy atom. The van der Waals surface area contributed by atoms with Gasteiger partial charge < -0.3 is 0 Å². The van der Waals surface area contributed by atoms with Gasteiger partial charge in [-0.25, -0.2) is 9.97 Å². The predicted molar refractivity (Wildman–Crippen MR) is 53.5 cm³/mol. The summed E-state index contributed by atoms with van der Waals surface area (Å²) < 4.78 is 1.17. The second-order valence-corrected chi connectivity index (χ2v) is 3.07. The standard InChI is InChI=1S/C7H6N2S.C2H6/c1-5-3-10-6-2-8-4-9-7(5)6;1-2/h2-4H,1H3;1-2H3. The fourth-order valence-electron chi connectivity index (χ4n) is 0.907. The number of fused-ring (bicyclic) bond motifs is 1. The van der Waals surface area contributed by atoms with Crippen LogP contribution in [0.1, 0.15) is 19.4 Å². The highest BCUT2D eigenvalue weighted by Gasteiger charge is 1.97. The van der Waals surface area contributed by atoms with Gasteiger partial charge in [-0.15, -0.1) is 11.3 Å². The first kappa shape index (κ1) is 9.13. The topological polar surface area (TPSA) is 25.8 Å². The number of hydrogen-bond acceptors (Lipinski definition) is 3. The maximum absolute atomic E-state index is 4.14. The Hall–Kier alpha value is -0.960. The molecule has 0 aromatic carbocycles. The van der Waals surface area contributed by atoms with Crippen LogP contribution in [-0.4, -0.2) is 9.97 Å². The highest BCUT2D eigenvalue weighted by molar-refractivity contribution is 7.17. The third-order valence-electron chi connectivity index (χ3n) is 1.41. The maximum atomic E-state index is 4.14. The Balaban J connectivity index is 0.000000336. The molecule has 0 bridgehead atoms. The summed E-state index contributed by atoms with van der Waals surface area (Å²) in [7, 11) is 0. The van der Waals surface area contributed by atoms with Gasteiger partial charge in [-0.05, 0) is 17.9 Å². The van der Waals surface area contributed by atoms with Crippen LogP contribution >= 0.6 is 11.3 Å². The number of thiophene rings is 1. The van der Waals surface area contributed by atoms with Gasteiger partial charge in [-0.3, -0.25) is 0 Å². The zero-order valence-electron chi connectivity index (χ0n) is 7.53. The second kappa shape index (κ2) is 4.16. The third-order valence-corrected chi connectivity index (χ3v) is 2.44. The summed E-state index contributed by atoms with van der Waals surface area (Å²) >= 11 is 1.69. The Kier molecular flexibility index (Phi) is 3.17. The Labute approximate surface area is 76.3 Å². The summed E-state index contributed by atoms with van der Waals surface area (Å²) in [5.74, 6) is 0. The summed E-state index contributed by atoms with van der Waals surface area (Å²) in [6, 6.07) is 0. The van der Waals surface area contributed by atoms with Gasteiger partial charge in [0, 0.05) is 6.20 Å². The second-order valence-electron chi connectivity index (χ2n) is 2.15. The Bertz CT molecular complexity index is 354. The van der Waals surface area contributed by atoms with Crippen LogP contribution in [-0.2, 0) is 0 Å². The van der Waals surface area contributed by atoms with Crippen molar-refractivity contribution in [2.24, 2.45) is 0 Å². The SMILES string of the molecule is CC.Cc1csc2cncnc12. The monoisotopic (exact) mass is 180 g/mol. The van der Waals surface area contributed by atoms with Crippen LogP contribution in [0.2, 0.25) is 0 Å². The van der Waals surface area contributed by atoms with Crippen molar-refractivity contribution in [1.29, 1.82) is 0 Å². The van der Waals surface area contributed by atoms with Crippen molar-refractivity contribution in [2.45, 2.75) is 20.8 Å². The molecule has 2 nitrogen and oxygen atoms in total. The largest absolute Gasteiger partial charge is 0.243 e. The lowest BCUT2D eigenvalue weighted by Crippen LogP contribution is -1.75. The molecule has 3 heteroatoms. The average molecular weight is 180 g/mol. The van der Waals surface area contributed by atoms with E-state index in [1.54, 1.807) is 17.7 Å². The summed E-state index contributed by atoms with van der Waals surface area (Å²) in [6.45, 7) is 6.06. The predicted octanol–water partition coefficient (Wildman–Crippen LogP) is 3.03. The van der Waals surface area contributed by atoms with Gasteiger partial charge in [-0.2, -0.15) is 0 Å². The van der Waals surface area contributed by atoms with Crippen LogP contribution in [0.25, 0.3) is 10.2 Å². The van der Waals surface area contributed by atoms with Crippen molar-refractivity contribution in [2.75, 3.05) is 0 Å². The zero-order valence-corrected chi connectivity index (χ0v) is 8.35. The minimum atomic E-state index is 1.08. The van der Waals surface area contributed by atoms with Crippen LogP contribution in [0.5, 0.6) is 0 Å². The number of aromatic nitrogens is 2. The summed E-state index contributed by atoms with van der Waals surface area (Å²) in [4.78, 5) is 8.07. The van der Waals surface area contributed by atoms with Gasteiger partial charge in [0.2, 0.25) is 0 Å². The van der Waals surface area contributed by atoms with Crippen molar-refractivity contribution in [3.05, 3.63) is 23.5 Å². The van der Waals surface area contributed by atoms with Crippen LogP contribution in [0, 0.1) is 6.92 Å². The van der Waals surface area contributed by atoms with Gasteiger partial charge in [-0.1, -0.05) is 13.8 Å². The van der Waals surface area contributed by atoms with E-state index in [1.165, 1.54) is 10.3 Å². The number of hydrogen-bond donors (Lipinski definition) is 0. The van der Waals surface area contributed by atoms with Gasteiger partial charge in [0.25, 0.3) is 0 Å². The van der Waals surface area contributed by atoms with Gasteiger partial charge in [0.1, 0.15) is 6.33 Å². The third kappa shape index (κ3) is 1.61. The summed E-state index contributed by atoms with van der Waals surface area (Å²) in [5, 5.41) is 2.10. The molecule has 0 aliphatic heterocycles. The number of nitrogens with zero attached hydrogens (tertiary/aromatic N) is 2. The van der Waals surface area contributed by atoms with Crippen molar-refractivity contribution >= 4 is 21.6 Å². The van der Waals surface area contributed by atoms with Crippen LogP contribution in [0.3, 0.4) is 0 Å². The van der Waals surface area contributed by atoms with E-state index in [9.17, 15) is 0 Å². The van der Waals surface area contributed by atoms with Gasteiger partial charge >= 0.3 is 0 Å². The lowest BCUT2D eigenvalue weighted by Gasteiger charge is -1.85. The molecule has 0 fully saturated rings. The van der Waals surface area contributed by atoms with E-state index in [1.807, 2.05) is 20.0 Å². The molecule has 0 saturated carbocycles. The van der Waals surface area contributed by atoms with Crippen molar-refractivity contribution < 1.29 is 0 Å². The van der Waals surface area contributed by atoms with Gasteiger partial charge in [0.15, 0.2) is 0 Å².